The van der Waals surface area contributed by atoms with Crippen molar-refractivity contribution in [2.45, 2.75) is 25.4 Å². The summed E-state index contributed by atoms with van der Waals surface area (Å²) in [5.74, 6) is -0.289. The summed E-state index contributed by atoms with van der Waals surface area (Å²) in [5.41, 5.74) is 1.98. The second kappa shape index (κ2) is 6.82. The predicted octanol–water partition coefficient (Wildman–Crippen LogP) is 2.36. The van der Waals surface area contributed by atoms with E-state index in [1.54, 1.807) is 25.1 Å². The van der Waals surface area contributed by atoms with Crippen LogP contribution in [0.2, 0.25) is 10.0 Å². The van der Waals surface area contributed by atoms with Gasteiger partial charge in [0.1, 0.15) is 12.1 Å². The van der Waals surface area contributed by atoms with E-state index in [1.165, 1.54) is 20.9 Å². The minimum Gasteiger partial charge on any atom is -0.319 e. The number of halogens is 2. The molecule has 1 fully saturated rings. The minimum absolute atomic E-state index is 0.289. The average molecular weight is 405 g/mol. The van der Waals surface area contributed by atoms with Crippen molar-refractivity contribution in [2.75, 3.05) is 13.2 Å². The molecule has 1 saturated heterocycles. The Kier molecular flexibility index (Phi) is 4.62. The lowest BCUT2D eigenvalue weighted by atomic mass is 9.92. The maximum Gasteiger partial charge on any atom is 0.329 e. The normalized spacial score (nSPS) is 24.7. The summed E-state index contributed by atoms with van der Waals surface area (Å²) < 4.78 is 0. The number of carbonyl (C=O) groups excluding carboxylic acids is 2. The van der Waals surface area contributed by atoms with Gasteiger partial charge in [-0.2, -0.15) is 0 Å². The maximum atomic E-state index is 13.1. The highest BCUT2D eigenvalue weighted by Gasteiger charge is 2.51. The molecular weight excluding hydrogens is 385 g/mol. The third-order valence-corrected chi connectivity index (χ3v) is 5.98. The molecule has 0 aliphatic carbocycles. The first-order chi connectivity index (χ1) is 12.9. The molecule has 2 aromatic carbocycles. The van der Waals surface area contributed by atoms with Crippen molar-refractivity contribution in [3.63, 3.8) is 0 Å². The average Bonchev–Trinajstić information content (AvgIpc) is 2.85. The van der Waals surface area contributed by atoms with Crippen molar-refractivity contribution in [1.82, 2.24) is 10.2 Å². The summed E-state index contributed by atoms with van der Waals surface area (Å²) in [6, 6.07) is 12.9. The van der Waals surface area contributed by atoms with Gasteiger partial charge in [-0.15, -0.1) is 0 Å². The van der Waals surface area contributed by atoms with E-state index in [-0.39, 0.29) is 11.9 Å². The van der Waals surface area contributed by atoms with E-state index in [0.29, 0.717) is 22.3 Å². The highest BCUT2D eigenvalue weighted by Crippen LogP contribution is 2.34. The van der Waals surface area contributed by atoms with Crippen molar-refractivity contribution < 1.29 is 14.5 Å². The SMILES string of the molecule is C[C@@]1(c2ccc(Cl)cc2Cl)NC(=O)N(C[NH+]2CCc3ccccc3C2)C1=O. The van der Waals surface area contributed by atoms with Gasteiger partial charge in [0, 0.05) is 27.6 Å². The van der Waals surface area contributed by atoms with Crippen LogP contribution in [0.1, 0.15) is 23.6 Å². The molecule has 27 heavy (non-hydrogen) atoms. The number of benzene rings is 2. The van der Waals surface area contributed by atoms with Crippen LogP contribution in [0.5, 0.6) is 0 Å². The second-order valence-electron chi connectivity index (χ2n) is 7.27. The number of rotatable bonds is 3. The van der Waals surface area contributed by atoms with Crippen molar-refractivity contribution in [3.05, 3.63) is 69.2 Å². The quantitative estimate of drug-likeness (QED) is 0.771. The number of quaternary nitrogens is 1. The molecule has 0 radical (unpaired) electrons. The highest BCUT2D eigenvalue weighted by molar-refractivity contribution is 6.35. The van der Waals surface area contributed by atoms with Crippen molar-refractivity contribution in [2.24, 2.45) is 0 Å². The van der Waals surface area contributed by atoms with Crippen LogP contribution >= 0.6 is 23.2 Å². The van der Waals surface area contributed by atoms with Crippen LogP contribution < -0.4 is 10.2 Å². The van der Waals surface area contributed by atoms with Crippen LogP contribution in [-0.2, 0) is 23.3 Å². The van der Waals surface area contributed by atoms with Crippen LogP contribution in [0.15, 0.2) is 42.5 Å². The van der Waals surface area contributed by atoms with Crippen molar-refractivity contribution in [1.29, 1.82) is 0 Å². The second-order valence-corrected chi connectivity index (χ2v) is 8.11. The van der Waals surface area contributed by atoms with E-state index in [4.69, 9.17) is 23.2 Å². The van der Waals surface area contributed by atoms with Gasteiger partial charge in [-0.1, -0.05) is 53.5 Å². The molecule has 2 N–H and O–H groups in total. The van der Waals surface area contributed by atoms with Gasteiger partial charge < -0.3 is 10.2 Å². The Morgan fingerprint density at radius 3 is 2.63 bits per heavy atom. The first-order valence-corrected chi connectivity index (χ1v) is 9.64. The summed E-state index contributed by atoms with van der Waals surface area (Å²) in [5, 5.41) is 3.66. The van der Waals surface area contributed by atoms with E-state index >= 15 is 0 Å². The monoisotopic (exact) mass is 404 g/mol. The molecule has 0 spiro atoms. The molecule has 0 bridgehead atoms. The van der Waals surface area contributed by atoms with Crippen LogP contribution in [0.25, 0.3) is 0 Å². The Morgan fingerprint density at radius 1 is 1.15 bits per heavy atom. The van der Waals surface area contributed by atoms with Gasteiger partial charge in [0.15, 0.2) is 6.67 Å². The van der Waals surface area contributed by atoms with E-state index in [1.807, 2.05) is 12.1 Å². The molecule has 3 amide bonds. The largest absolute Gasteiger partial charge is 0.329 e. The number of hydrogen-bond donors (Lipinski definition) is 2. The third kappa shape index (κ3) is 3.20. The third-order valence-electron chi connectivity index (χ3n) is 5.43. The van der Waals surface area contributed by atoms with Crippen LogP contribution in [0, 0.1) is 0 Å². The Balaban J connectivity index is 1.55. The first kappa shape index (κ1) is 18.3. The molecule has 0 aromatic heterocycles. The van der Waals surface area contributed by atoms with Crippen molar-refractivity contribution >= 4 is 35.1 Å². The summed E-state index contributed by atoms with van der Waals surface area (Å²) in [7, 11) is 0. The smallest absolute Gasteiger partial charge is 0.319 e. The number of amides is 3. The zero-order valence-electron chi connectivity index (χ0n) is 14.9. The Hall–Kier alpha value is -2.08. The molecule has 2 aliphatic heterocycles. The fraction of sp³-hybridized carbons (Fsp3) is 0.300. The molecule has 4 rings (SSSR count). The van der Waals surface area contributed by atoms with E-state index < -0.39 is 5.54 Å². The van der Waals surface area contributed by atoms with E-state index in [9.17, 15) is 9.59 Å². The molecule has 2 aromatic rings. The lowest BCUT2D eigenvalue weighted by Gasteiger charge is -2.29. The minimum atomic E-state index is -1.19. The van der Waals surface area contributed by atoms with Gasteiger partial charge in [-0.3, -0.25) is 4.79 Å². The van der Waals surface area contributed by atoms with E-state index in [2.05, 4.69) is 17.4 Å². The number of nitrogens with one attached hydrogen (secondary N) is 2. The number of hydrogen-bond acceptors (Lipinski definition) is 2. The molecule has 140 valence electrons. The number of carbonyl (C=O) groups is 2. The first-order valence-electron chi connectivity index (χ1n) is 8.88. The molecule has 2 heterocycles. The fourth-order valence-electron chi connectivity index (χ4n) is 3.92. The van der Waals surface area contributed by atoms with Gasteiger partial charge >= 0.3 is 6.03 Å². The summed E-state index contributed by atoms with van der Waals surface area (Å²) in [6.45, 7) is 3.70. The molecule has 2 atom stereocenters. The van der Waals surface area contributed by atoms with Crippen molar-refractivity contribution in [3.8, 4) is 0 Å². The van der Waals surface area contributed by atoms with Gasteiger partial charge in [0.2, 0.25) is 0 Å². The van der Waals surface area contributed by atoms with Gasteiger partial charge in [-0.05, 0) is 24.6 Å². The molecule has 0 saturated carbocycles. The zero-order valence-corrected chi connectivity index (χ0v) is 16.4. The predicted molar refractivity (Wildman–Crippen MR) is 104 cm³/mol. The summed E-state index contributed by atoms with van der Waals surface area (Å²) in [6.07, 6.45) is 0.940. The van der Waals surface area contributed by atoms with Crippen LogP contribution in [0.4, 0.5) is 4.79 Å². The Labute approximate surface area is 167 Å². The molecule has 2 aliphatic rings. The highest BCUT2D eigenvalue weighted by atomic mass is 35.5. The van der Waals surface area contributed by atoms with Gasteiger partial charge in [-0.25, -0.2) is 9.69 Å². The number of urea groups is 1. The number of fused-ring (bicyclic) bond motifs is 1. The zero-order chi connectivity index (χ0) is 19.2. The summed E-state index contributed by atoms with van der Waals surface area (Å²) >= 11 is 12.3. The fourth-order valence-corrected chi connectivity index (χ4v) is 4.52. The lowest BCUT2D eigenvalue weighted by Crippen LogP contribution is -3.13. The van der Waals surface area contributed by atoms with Gasteiger partial charge in [0.25, 0.3) is 5.91 Å². The Morgan fingerprint density at radius 2 is 1.89 bits per heavy atom. The standard InChI is InChI=1S/C20H19Cl2N3O2/c1-20(16-7-6-15(21)10-17(16)22)18(26)25(19(27)23-20)12-24-9-8-13-4-2-3-5-14(13)11-24/h2-7,10H,8-9,11-12H2,1H3,(H,23,27)/p+1/t20-/m0/s1. The van der Waals surface area contributed by atoms with Crippen LogP contribution in [-0.4, -0.2) is 30.1 Å². The van der Waals surface area contributed by atoms with E-state index in [0.717, 1.165) is 19.5 Å². The Bertz CT molecular complexity index is 933. The van der Waals surface area contributed by atoms with Crippen LogP contribution in [0.3, 0.4) is 0 Å². The topological polar surface area (TPSA) is 53.9 Å². The molecule has 5 nitrogen and oxygen atoms in total. The lowest BCUT2D eigenvalue weighted by molar-refractivity contribution is -0.923. The number of imide groups is 1. The van der Waals surface area contributed by atoms with Gasteiger partial charge in [0.05, 0.1) is 6.54 Å². The number of nitrogens with zero attached hydrogens (tertiary/aromatic N) is 1. The molecule has 1 unspecified atom stereocenters. The molecular formula is C20H20Cl2N3O2+. The summed E-state index contributed by atoms with van der Waals surface area (Å²) in [4.78, 5) is 28.2. The molecule has 7 heteroatoms. The maximum absolute atomic E-state index is 13.1.